The summed E-state index contributed by atoms with van der Waals surface area (Å²) in [5.41, 5.74) is 2.24. The Morgan fingerprint density at radius 1 is 1.33 bits per heavy atom. The summed E-state index contributed by atoms with van der Waals surface area (Å²) in [6, 6.07) is 10.8. The Morgan fingerprint density at radius 2 is 2.08 bits per heavy atom. The number of fused-ring (bicyclic) bond motifs is 1. The molecule has 5 nitrogen and oxygen atoms in total. The number of nitrogens with zero attached hydrogens (tertiary/aromatic N) is 1. The smallest absolute Gasteiger partial charge is 0.257 e. The number of amides is 1. The first-order chi connectivity index (χ1) is 11.6. The molecule has 2 aromatic rings. The lowest BCUT2D eigenvalue weighted by Crippen LogP contribution is -2.43. The number of benzene rings is 2. The summed E-state index contributed by atoms with van der Waals surface area (Å²) in [5.74, 6) is 0.411. The lowest BCUT2D eigenvalue weighted by molar-refractivity contribution is 0.0682. The second-order valence-electron chi connectivity index (χ2n) is 5.64. The molecule has 0 spiro atoms. The lowest BCUT2D eigenvalue weighted by atomic mass is 10.0. The van der Waals surface area contributed by atoms with Crippen LogP contribution in [0.5, 0.6) is 11.5 Å². The maximum Gasteiger partial charge on any atom is 0.257 e. The van der Waals surface area contributed by atoms with E-state index in [0.717, 1.165) is 22.1 Å². The molecule has 0 aliphatic carbocycles. The van der Waals surface area contributed by atoms with Crippen LogP contribution in [0.25, 0.3) is 0 Å². The van der Waals surface area contributed by atoms with Crippen LogP contribution in [-0.4, -0.2) is 29.6 Å². The van der Waals surface area contributed by atoms with Gasteiger partial charge in [0.15, 0.2) is 11.5 Å². The number of methoxy groups -OCH3 is 1. The number of anilines is 1. The topological polar surface area (TPSA) is 61.8 Å². The number of hydrogen-bond acceptors (Lipinski definition) is 4. The van der Waals surface area contributed by atoms with Gasteiger partial charge in [-0.1, -0.05) is 35.0 Å². The number of ether oxygens (including phenoxy) is 1. The summed E-state index contributed by atoms with van der Waals surface area (Å²) in [7, 11) is 1.50. The van der Waals surface area contributed by atoms with Crippen LogP contribution in [0, 0.1) is 0 Å². The van der Waals surface area contributed by atoms with E-state index in [-0.39, 0.29) is 17.8 Å². The second kappa shape index (κ2) is 6.73. The molecular weight excluding hydrogens is 372 g/mol. The highest BCUT2D eigenvalue weighted by molar-refractivity contribution is 9.10. The molecule has 0 bridgehead atoms. The van der Waals surface area contributed by atoms with E-state index in [0.29, 0.717) is 17.9 Å². The Labute approximate surface area is 149 Å². The Morgan fingerprint density at radius 3 is 2.79 bits per heavy atom. The van der Waals surface area contributed by atoms with E-state index in [1.807, 2.05) is 31.2 Å². The highest BCUT2D eigenvalue weighted by atomic mass is 79.9. The molecule has 1 heterocycles. The van der Waals surface area contributed by atoms with Gasteiger partial charge in [0.05, 0.1) is 12.7 Å². The highest BCUT2D eigenvalue weighted by Crippen LogP contribution is 2.40. The van der Waals surface area contributed by atoms with Gasteiger partial charge in [-0.15, -0.1) is 0 Å². The largest absolute Gasteiger partial charge is 0.504 e. The quantitative estimate of drug-likeness (QED) is 0.823. The molecule has 0 saturated heterocycles. The Bertz CT molecular complexity index is 779. The molecule has 0 fully saturated rings. The minimum absolute atomic E-state index is 0.0154. The van der Waals surface area contributed by atoms with Gasteiger partial charge in [0, 0.05) is 22.3 Å². The summed E-state index contributed by atoms with van der Waals surface area (Å²) in [4.78, 5) is 14.7. The molecule has 6 heteroatoms. The van der Waals surface area contributed by atoms with E-state index < -0.39 is 0 Å². The van der Waals surface area contributed by atoms with E-state index in [4.69, 9.17) is 4.74 Å². The molecule has 2 N–H and O–H groups in total. The van der Waals surface area contributed by atoms with Crippen molar-refractivity contribution < 1.29 is 14.6 Å². The van der Waals surface area contributed by atoms with E-state index in [1.54, 1.807) is 17.0 Å². The molecule has 0 radical (unpaired) electrons. The van der Waals surface area contributed by atoms with Crippen LogP contribution < -0.4 is 10.1 Å². The van der Waals surface area contributed by atoms with Crippen LogP contribution in [0.3, 0.4) is 0 Å². The molecule has 24 heavy (non-hydrogen) atoms. The number of phenolic OH excluding ortho intramolecular Hbond substituents is 1. The second-order valence-corrected chi connectivity index (χ2v) is 6.49. The van der Waals surface area contributed by atoms with E-state index >= 15 is 0 Å². The summed E-state index contributed by atoms with van der Waals surface area (Å²) < 4.78 is 5.91. The summed E-state index contributed by atoms with van der Waals surface area (Å²) in [6.07, 6.45) is 0.477. The molecule has 3 rings (SSSR count). The minimum atomic E-state index is -0.362. The van der Waals surface area contributed by atoms with Crippen LogP contribution >= 0.6 is 15.9 Å². The highest BCUT2D eigenvalue weighted by Gasteiger charge is 2.33. The van der Waals surface area contributed by atoms with Crippen LogP contribution in [0.2, 0.25) is 0 Å². The van der Waals surface area contributed by atoms with Crippen molar-refractivity contribution >= 4 is 27.5 Å². The third kappa shape index (κ3) is 2.82. The first-order valence-electron chi connectivity index (χ1n) is 7.79. The maximum absolute atomic E-state index is 12.9. The first-order valence-corrected chi connectivity index (χ1v) is 8.59. The third-order valence-electron chi connectivity index (χ3n) is 4.08. The molecular formula is C18H19BrN2O3. The molecule has 0 unspecified atom stereocenters. The molecule has 1 amide bonds. The van der Waals surface area contributed by atoms with Gasteiger partial charge < -0.3 is 20.1 Å². The van der Waals surface area contributed by atoms with Gasteiger partial charge >= 0.3 is 0 Å². The van der Waals surface area contributed by atoms with Crippen molar-refractivity contribution in [3.05, 3.63) is 52.0 Å². The van der Waals surface area contributed by atoms with Gasteiger partial charge in [0.2, 0.25) is 0 Å². The monoisotopic (exact) mass is 390 g/mol. The zero-order valence-corrected chi connectivity index (χ0v) is 15.1. The van der Waals surface area contributed by atoms with Gasteiger partial charge in [-0.05, 0) is 30.7 Å². The van der Waals surface area contributed by atoms with Crippen molar-refractivity contribution in [3.63, 3.8) is 0 Å². The minimum Gasteiger partial charge on any atom is -0.504 e. The number of nitrogens with one attached hydrogen (secondary N) is 1. The normalized spacial score (nSPS) is 16.5. The number of hydrogen-bond donors (Lipinski definition) is 2. The number of rotatable bonds is 4. The van der Waals surface area contributed by atoms with Gasteiger partial charge in [-0.2, -0.15) is 0 Å². The maximum atomic E-state index is 12.9. The number of carbonyl (C=O) groups is 1. The van der Waals surface area contributed by atoms with Crippen LogP contribution in [-0.2, 0) is 0 Å². The molecule has 1 aliphatic heterocycles. The van der Waals surface area contributed by atoms with Crippen molar-refractivity contribution in [2.24, 2.45) is 0 Å². The van der Waals surface area contributed by atoms with Crippen molar-refractivity contribution in [3.8, 4) is 11.5 Å². The number of carbonyl (C=O) groups excluding carboxylic acids is 1. The molecule has 126 valence electrons. The molecule has 0 aromatic heterocycles. The van der Waals surface area contributed by atoms with E-state index in [1.165, 1.54) is 7.11 Å². The van der Waals surface area contributed by atoms with E-state index in [9.17, 15) is 9.90 Å². The number of para-hydroxylation sites is 1. The molecule has 1 atom stereocenters. The average molecular weight is 391 g/mol. The Balaban J connectivity index is 2.09. The van der Waals surface area contributed by atoms with Gasteiger partial charge in [0.25, 0.3) is 5.91 Å². The van der Waals surface area contributed by atoms with Crippen molar-refractivity contribution in [1.82, 2.24) is 4.90 Å². The fourth-order valence-corrected chi connectivity index (χ4v) is 3.48. The fourth-order valence-electron chi connectivity index (χ4n) is 2.94. The van der Waals surface area contributed by atoms with Crippen molar-refractivity contribution in [1.29, 1.82) is 0 Å². The third-order valence-corrected chi connectivity index (χ3v) is 4.77. The van der Waals surface area contributed by atoms with Crippen molar-refractivity contribution in [2.75, 3.05) is 19.0 Å². The summed E-state index contributed by atoms with van der Waals surface area (Å²) in [5, 5.41) is 13.6. The number of halogens is 1. The zero-order chi connectivity index (χ0) is 17.3. The SMILES string of the molecule is CCCN1C(=O)c2ccccc2N[C@@H]1c1cc(O)c(OC)cc1Br. The van der Waals surface area contributed by atoms with Gasteiger partial charge in [-0.3, -0.25) is 4.79 Å². The zero-order valence-electron chi connectivity index (χ0n) is 13.5. The Kier molecular flexibility index (Phi) is 4.66. The lowest BCUT2D eigenvalue weighted by Gasteiger charge is -2.38. The average Bonchev–Trinajstić information content (AvgIpc) is 2.59. The van der Waals surface area contributed by atoms with Gasteiger partial charge in [0.1, 0.15) is 6.17 Å². The van der Waals surface area contributed by atoms with Crippen LogP contribution in [0.4, 0.5) is 5.69 Å². The van der Waals surface area contributed by atoms with Gasteiger partial charge in [-0.25, -0.2) is 0 Å². The summed E-state index contributed by atoms with van der Waals surface area (Å²) >= 11 is 3.53. The number of phenols is 1. The fraction of sp³-hybridized carbons (Fsp3) is 0.278. The molecule has 2 aromatic carbocycles. The molecule has 0 saturated carbocycles. The standard InChI is InChI=1S/C18H19BrN2O3/c1-3-8-21-17(12-9-15(22)16(24-2)10-13(12)19)20-14-7-5-4-6-11(14)18(21)23/h4-7,9-10,17,20,22H,3,8H2,1-2H3/t17-/m0/s1. The first kappa shape index (κ1) is 16.6. The van der Waals surface area contributed by atoms with E-state index in [2.05, 4.69) is 21.2 Å². The predicted molar refractivity (Wildman–Crippen MR) is 96.5 cm³/mol. The number of aromatic hydroxyl groups is 1. The Hall–Kier alpha value is -2.21. The molecule has 1 aliphatic rings. The van der Waals surface area contributed by atoms with Crippen molar-refractivity contribution in [2.45, 2.75) is 19.5 Å². The van der Waals surface area contributed by atoms with Crippen LogP contribution in [0.1, 0.15) is 35.4 Å². The predicted octanol–water partition coefficient (Wildman–Crippen LogP) is 4.14. The van der Waals surface area contributed by atoms with Crippen LogP contribution in [0.15, 0.2) is 40.9 Å². The summed E-state index contributed by atoms with van der Waals surface area (Å²) in [6.45, 7) is 2.65.